The van der Waals surface area contributed by atoms with E-state index in [4.69, 9.17) is 27.9 Å². The van der Waals surface area contributed by atoms with Crippen molar-refractivity contribution in [3.05, 3.63) is 39.6 Å². The summed E-state index contributed by atoms with van der Waals surface area (Å²) in [5.74, 6) is 2.30. The topological polar surface area (TPSA) is 38.3 Å². The van der Waals surface area contributed by atoms with Crippen molar-refractivity contribution in [1.29, 1.82) is 0 Å². The van der Waals surface area contributed by atoms with E-state index < -0.39 is 0 Å². The molecule has 2 aromatic rings. The van der Waals surface area contributed by atoms with Gasteiger partial charge >= 0.3 is 0 Å². The van der Waals surface area contributed by atoms with E-state index in [0.29, 0.717) is 28.4 Å². The lowest BCUT2D eigenvalue weighted by molar-refractivity contribution is 0.291. The van der Waals surface area contributed by atoms with Crippen LogP contribution in [0.2, 0.25) is 10.0 Å². The monoisotopic (exact) mass is 365 g/mol. The van der Waals surface area contributed by atoms with Gasteiger partial charge in [0, 0.05) is 11.6 Å². The van der Waals surface area contributed by atoms with Crippen LogP contribution < -0.4 is 9.64 Å². The molecule has 0 unspecified atom stereocenters. The molecule has 0 aliphatic carbocycles. The number of nitrogens with zero attached hydrogens (tertiary/aromatic N) is 3. The van der Waals surface area contributed by atoms with Gasteiger partial charge in [0.2, 0.25) is 5.88 Å². The number of unbranched alkanes of at least 4 members (excludes halogenated alkanes) is 2. The molecule has 1 aromatic carbocycles. The zero-order valence-electron chi connectivity index (χ0n) is 14.0. The maximum Gasteiger partial charge on any atom is 0.222 e. The van der Waals surface area contributed by atoms with E-state index in [9.17, 15) is 0 Å². The van der Waals surface area contributed by atoms with Crippen molar-refractivity contribution in [3.63, 3.8) is 0 Å². The summed E-state index contributed by atoms with van der Waals surface area (Å²) in [4.78, 5) is 11.2. The summed E-state index contributed by atoms with van der Waals surface area (Å²) < 4.78 is 5.93. The van der Waals surface area contributed by atoms with Crippen molar-refractivity contribution in [1.82, 2.24) is 9.97 Å². The minimum absolute atomic E-state index is 0.622. The summed E-state index contributed by atoms with van der Waals surface area (Å²) in [6, 6.07) is 5.53. The van der Waals surface area contributed by atoms with Crippen LogP contribution in [0.1, 0.15) is 37.6 Å². The van der Waals surface area contributed by atoms with Crippen LogP contribution in [0, 0.1) is 6.92 Å². The van der Waals surface area contributed by atoms with E-state index in [0.717, 1.165) is 36.5 Å². The second-order valence-corrected chi connectivity index (χ2v) is 6.77. The Morgan fingerprint density at radius 3 is 2.79 bits per heavy atom. The minimum atomic E-state index is 0.622. The number of halogens is 2. The van der Waals surface area contributed by atoms with Gasteiger partial charge in [0.15, 0.2) is 0 Å². The number of benzene rings is 1. The minimum Gasteiger partial charge on any atom is -0.477 e. The van der Waals surface area contributed by atoms with Gasteiger partial charge in [0.05, 0.1) is 22.9 Å². The van der Waals surface area contributed by atoms with Gasteiger partial charge in [-0.1, -0.05) is 43.0 Å². The van der Waals surface area contributed by atoms with Crippen LogP contribution in [0.15, 0.2) is 18.2 Å². The molecule has 0 radical (unpaired) electrons. The molecule has 0 saturated carbocycles. The smallest absolute Gasteiger partial charge is 0.222 e. The molecule has 0 amide bonds. The van der Waals surface area contributed by atoms with Crippen LogP contribution in [0.4, 0.5) is 11.5 Å². The van der Waals surface area contributed by atoms with Gasteiger partial charge in [-0.05, 0) is 38.0 Å². The van der Waals surface area contributed by atoms with Crippen molar-refractivity contribution >= 4 is 34.7 Å². The molecule has 0 atom stereocenters. The van der Waals surface area contributed by atoms with Crippen LogP contribution in [0.25, 0.3) is 0 Å². The Labute approximate surface area is 152 Å². The molecular formula is C18H21Cl2N3O. The molecule has 0 spiro atoms. The number of hydrogen-bond acceptors (Lipinski definition) is 4. The highest BCUT2D eigenvalue weighted by molar-refractivity contribution is 6.36. The Kier molecular flexibility index (Phi) is 5.47. The number of aryl methyl sites for hydroxylation is 1. The average molecular weight is 366 g/mol. The molecule has 3 rings (SSSR count). The summed E-state index contributed by atoms with van der Waals surface area (Å²) in [6.45, 7) is 5.57. The van der Waals surface area contributed by atoms with E-state index in [1.807, 2.05) is 19.1 Å². The number of anilines is 2. The summed E-state index contributed by atoms with van der Waals surface area (Å²) in [6.07, 6.45) is 4.23. The van der Waals surface area contributed by atoms with Gasteiger partial charge in [-0.25, -0.2) is 4.98 Å². The molecule has 1 aliphatic rings. The Bertz CT molecular complexity index is 736. The third kappa shape index (κ3) is 3.60. The molecule has 6 heteroatoms. The van der Waals surface area contributed by atoms with E-state index in [1.54, 1.807) is 6.07 Å². The van der Waals surface area contributed by atoms with E-state index in [-0.39, 0.29) is 0 Å². The summed E-state index contributed by atoms with van der Waals surface area (Å²) in [5.41, 5.74) is 1.97. The van der Waals surface area contributed by atoms with Gasteiger partial charge in [-0.3, -0.25) is 0 Å². The van der Waals surface area contributed by atoms with Crippen molar-refractivity contribution in [2.24, 2.45) is 0 Å². The Morgan fingerprint density at radius 2 is 2.04 bits per heavy atom. The Hall–Kier alpha value is -1.52. The zero-order chi connectivity index (χ0) is 17.1. The summed E-state index contributed by atoms with van der Waals surface area (Å²) in [5, 5.41) is 1.25. The maximum absolute atomic E-state index is 6.37. The van der Waals surface area contributed by atoms with Crippen LogP contribution in [0.5, 0.6) is 5.88 Å². The van der Waals surface area contributed by atoms with Gasteiger partial charge in [0.25, 0.3) is 0 Å². The molecule has 1 aliphatic heterocycles. The predicted molar refractivity (Wildman–Crippen MR) is 99.0 cm³/mol. The second-order valence-electron chi connectivity index (χ2n) is 5.93. The molecule has 0 fully saturated rings. The second kappa shape index (κ2) is 7.58. The fourth-order valence-electron chi connectivity index (χ4n) is 2.90. The highest BCUT2D eigenvalue weighted by atomic mass is 35.5. The fourth-order valence-corrected chi connectivity index (χ4v) is 3.41. The van der Waals surface area contributed by atoms with Crippen molar-refractivity contribution < 1.29 is 4.74 Å². The molecule has 0 bridgehead atoms. The van der Waals surface area contributed by atoms with Gasteiger partial charge in [0.1, 0.15) is 11.6 Å². The van der Waals surface area contributed by atoms with Crippen LogP contribution >= 0.6 is 23.2 Å². The Morgan fingerprint density at radius 1 is 1.21 bits per heavy atom. The SMILES string of the molecule is CCCCCOc1nc(C)nc2c1CCN2c1ccc(Cl)cc1Cl. The lowest BCUT2D eigenvalue weighted by Gasteiger charge is -2.20. The largest absolute Gasteiger partial charge is 0.477 e. The normalized spacial score (nSPS) is 13.2. The lowest BCUT2D eigenvalue weighted by Crippen LogP contribution is -2.15. The van der Waals surface area contributed by atoms with Gasteiger partial charge in [-0.2, -0.15) is 4.98 Å². The number of ether oxygens (including phenoxy) is 1. The Balaban J connectivity index is 1.89. The van der Waals surface area contributed by atoms with Crippen LogP contribution in [0.3, 0.4) is 0 Å². The molecule has 2 heterocycles. The van der Waals surface area contributed by atoms with Crippen molar-refractivity contribution in [2.45, 2.75) is 39.5 Å². The first-order valence-electron chi connectivity index (χ1n) is 8.33. The molecule has 24 heavy (non-hydrogen) atoms. The van der Waals surface area contributed by atoms with Crippen molar-refractivity contribution in [2.75, 3.05) is 18.1 Å². The third-order valence-corrected chi connectivity index (χ3v) is 4.63. The first kappa shape index (κ1) is 17.3. The van der Waals surface area contributed by atoms with E-state index in [1.165, 1.54) is 12.8 Å². The third-order valence-electron chi connectivity index (χ3n) is 4.09. The lowest BCUT2D eigenvalue weighted by atomic mass is 10.2. The number of fused-ring (bicyclic) bond motifs is 1. The molecular weight excluding hydrogens is 345 g/mol. The first-order chi connectivity index (χ1) is 11.6. The summed E-state index contributed by atoms with van der Waals surface area (Å²) in [7, 11) is 0. The first-order valence-corrected chi connectivity index (χ1v) is 9.08. The maximum atomic E-state index is 6.37. The quantitative estimate of drug-likeness (QED) is 0.646. The van der Waals surface area contributed by atoms with Crippen LogP contribution in [-0.4, -0.2) is 23.1 Å². The van der Waals surface area contributed by atoms with Gasteiger partial charge < -0.3 is 9.64 Å². The predicted octanol–water partition coefficient (Wildman–Crippen LogP) is 5.36. The van der Waals surface area contributed by atoms with E-state index in [2.05, 4.69) is 21.8 Å². The van der Waals surface area contributed by atoms with Crippen molar-refractivity contribution in [3.8, 4) is 5.88 Å². The number of hydrogen-bond donors (Lipinski definition) is 0. The highest BCUT2D eigenvalue weighted by Crippen LogP contribution is 2.40. The molecule has 1 aromatic heterocycles. The average Bonchev–Trinajstić information content (AvgIpc) is 2.95. The number of aromatic nitrogens is 2. The standard InChI is InChI=1S/C18H21Cl2N3O/c1-3-4-5-10-24-18-14-8-9-23(17(14)21-12(2)22-18)16-7-6-13(19)11-15(16)20/h6-7,11H,3-5,8-10H2,1-2H3. The van der Waals surface area contributed by atoms with E-state index >= 15 is 0 Å². The molecule has 0 N–H and O–H groups in total. The van der Waals surface area contributed by atoms with Gasteiger partial charge in [-0.15, -0.1) is 0 Å². The molecule has 4 nitrogen and oxygen atoms in total. The molecule has 0 saturated heterocycles. The summed E-state index contributed by atoms with van der Waals surface area (Å²) >= 11 is 12.4. The molecule has 128 valence electrons. The zero-order valence-corrected chi connectivity index (χ0v) is 15.5. The van der Waals surface area contributed by atoms with Crippen LogP contribution in [-0.2, 0) is 6.42 Å². The highest BCUT2D eigenvalue weighted by Gasteiger charge is 2.28. The number of rotatable bonds is 6. The fraction of sp³-hybridized carbons (Fsp3) is 0.444.